The summed E-state index contributed by atoms with van der Waals surface area (Å²) in [6.45, 7) is 7.07. The summed E-state index contributed by atoms with van der Waals surface area (Å²) in [5, 5.41) is 0. The third-order valence-electron chi connectivity index (χ3n) is 3.98. The van der Waals surface area contributed by atoms with Crippen LogP contribution in [0.4, 0.5) is 5.95 Å². The van der Waals surface area contributed by atoms with Crippen LogP contribution >= 0.6 is 0 Å². The molecule has 1 aromatic carbocycles. The maximum absolute atomic E-state index is 5.39. The van der Waals surface area contributed by atoms with Crippen LogP contribution in [0.25, 0.3) is 0 Å². The van der Waals surface area contributed by atoms with E-state index in [1.165, 1.54) is 11.1 Å². The average Bonchev–Trinajstić information content (AvgIpc) is 2.57. The number of anilines is 1. The Kier molecular flexibility index (Phi) is 4.71. The Morgan fingerprint density at radius 3 is 2.65 bits per heavy atom. The minimum absolute atomic E-state index is 0.670. The Balaban J connectivity index is 1.86. The van der Waals surface area contributed by atoms with Crippen molar-refractivity contribution in [1.29, 1.82) is 0 Å². The van der Waals surface area contributed by atoms with Gasteiger partial charge in [0.15, 0.2) is 0 Å². The molecule has 0 amide bonds. The van der Waals surface area contributed by atoms with E-state index < -0.39 is 0 Å². The van der Waals surface area contributed by atoms with E-state index in [-0.39, 0.29) is 0 Å². The zero-order chi connectivity index (χ0) is 16.2. The third-order valence-corrected chi connectivity index (χ3v) is 3.98. The smallest absolute Gasteiger partial charge is 0.229 e. The van der Waals surface area contributed by atoms with Gasteiger partial charge in [-0.15, -0.1) is 0 Å². The summed E-state index contributed by atoms with van der Waals surface area (Å²) in [7, 11) is 1.68. The summed E-state index contributed by atoms with van der Waals surface area (Å²) in [6.07, 6.45) is 0.670. The fourth-order valence-electron chi connectivity index (χ4n) is 2.64. The molecule has 122 valence electrons. The van der Waals surface area contributed by atoms with Crippen LogP contribution < -0.4 is 9.64 Å². The molecule has 1 fully saturated rings. The second kappa shape index (κ2) is 6.91. The molecule has 0 saturated carbocycles. The van der Waals surface area contributed by atoms with E-state index >= 15 is 0 Å². The van der Waals surface area contributed by atoms with Gasteiger partial charge in [0.25, 0.3) is 0 Å². The normalized spacial score (nSPS) is 14.8. The lowest BCUT2D eigenvalue weighted by molar-refractivity contribution is 0.122. The fourth-order valence-corrected chi connectivity index (χ4v) is 2.64. The second-order valence-corrected chi connectivity index (χ2v) is 5.67. The molecule has 1 aromatic heterocycles. The van der Waals surface area contributed by atoms with Gasteiger partial charge >= 0.3 is 0 Å². The van der Waals surface area contributed by atoms with Crippen LogP contribution in [0.2, 0.25) is 0 Å². The lowest BCUT2D eigenvalue weighted by atomic mass is 10.1. The van der Waals surface area contributed by atoms with Crippen LogP contribution in [-0.2, 0) is 11.2 Å². The van der Waals surface area contributed by atoms with Crippen molar-refractivity contribution in [2.45, 2.75) is 20.3 Å². The van der Waals surface area contributed by atoms with E-state index in [9.17, 15) is 0 Å². The Morgan fingerprint density at radius 1 is 1.13 bits per heavy atom. The standard InChI is InChI=1S/C17H22N4O2/c1-12-4-5-15(22-3)10-14(12)11-16-18-13(2)19-17(20-16)21-6-8-23-9-7-21/h4-5,10H,6-9,11H2,1-3H3. The van der Waals surface area contributed by atoms with Gasteiger partial charge in [0, 0.05) is 19.5 Å². The van der Waals surface area contributed by atoms with Gasteiger partial charge in [-0.1, -0.05) is 6.07 Å². The molecule has 6 heteroatoms. The summed E-state index contributed by atoms with van der Waals surface area (Å²) in [5.41, 5.74) is 2.37. The lowest BCUT2D eigenvalue weighted by Gasteiger charge is -2.27. The predicted octanol–water partition coefficient (Wildman–Crippen LogP) is 1.92. The summed E-state index contributed by atoms with van der Waals surface area (Å²) < 4.78 is 10.7. The molecule has 1 aliphatic heterocycles. The van der Waals surface area contributed by atoms with Crippen molar-refractivity contribution in [3.8, 4) is 5.75 Å². The van der Waals surface area contributed by atoms with E-state index in [1.54, 1.807) is 7.11 Å². The number of aryl methyl sites for hydroxylation is 2. The van der Waals surface area contributed by atoms with Crippen molar-refractivity contribution in [3.05, 3.63) is 41.0 Å². The predicted molar refractivity (Wildman–Crippen MR) is 88.1 cm³/mol. The number of morpholine rings is 1. The molecule has 0 unspecified atom stereocenters. The third kappa shape index (κ3) is 3.76. The number of hydrogen-bond donors (Lipinski definition) is 0. The lowest BCUT2D eigenvalue weighted by Crippen LogP contribution is -2.37. The zero-order valence-electron chi connectivity index (χ0n) is 13.9. The van der Waals surface area contributed by atoms with Crippen molar-refractivity contribution in [2.75, 3.05) is 38.3 Å². The quantitative estimate of drug-likeness (QED) is 0.859. The van der Waals surface area contributed by atoms with Crippen molar-refractivity contribution in [3.63, 3.8) is 0 Å². The Hall–Kier alpha value is -2.21. The molecule has 0 spiro atoms. The SMILES string of the molecule is COc1ccc(C)c(Cc2nc(C)nc(N3CCOCC3)n2)c1. The maximum Gasteiger partial charge on any atom is 0.229 e. The highest BCUT2D eigenvalue weighted by molar-refractivity contribution is 5.37. The zero-order valence-corrected chi connectivity index (χ0v) is 13.9. The Labute approximate surface area is 136 Å². The van der Waals surface area contributed by atoms with Gasteiger partial charge in [0.05, 0.1) is 20.3 Å². The molecule has 1 aliphatic rings. The maximum atomic E-state index is 5.39. The number of methoxy groups -OCH3 is 1. The molecule has 23 heavy (non-hydrogen) atoms. The first kappa shape index (κ1) is 15.7. The Morgan fingerprint density at radius 2 is 1.91 bits per heavy atom. The highest BCUT2D eigenvalue weighted by Crippen LogP contribution is 2.20. The minimum atomic E-state index is 0.670. The number of aromatic nitrogens is 3. The van der Waals surface area contributed by atoms with E-state index in [0.717, 1.165) is 49.6 Å². The monoisotopic (exact) mass is 314 g/mol. The van der Waals surface area contributed by atoms with Gasteiger partial charge in [-0.05, 0) is 37.1 Å². The van der Waals surface area contributed by atoms with Gasteiger partial charge in [0.2, 0.25) is 5.95 Å². The van der Waals surface area contributed by atoms with Crippen molar-refractivity contribution >= 4 is 5.95 Å². The van der Waals surface area contributed by atoms with Crippen molar-refractivity contribution in [2.24, 2.45) is 0 Å². The highest BCUT2D eigenvalue weighted by Gasteiger charge is 2.16. The topological polar surface area (TPSA) is 60.4 Å². The van der Waals surface area contributed by atoms with Gasteiger partial charge in [0.1, 0.15) is 17.4 Å². The van der Waals surface area contributed by atoms with Gasteiger partial charge in [-0.2, -0.15) is 9.97 Å². The van der Waals surface area contributed by atoms with Crippen LogP contribution in [0.15, 0.2) is 18.2 Å². The van der Waals surface area contributed by atoms with E-state index in [2.05, 4.69) is 32.8 Å². The number of nitrogens with zero attached hydrogens (tertiary/aromatic N) is 4. The number of ether oxygens (including phenoxy) is 2. The van der Waals surface area contributed by atoms with Crippen LogP contribution in [0.1, 0.15) is 22.8 Å². The van der Waals surface area contributed by atoms with Gasteiger partial charge in [-0.3, -0.25) is 0 Å². The van der Waals surface area contributed by atoms with Gasteiger partial charge in [-0.25, -0.2) is 4.98 Å². The van der Waals surface area contributed by atoms with E-state index in [4.69, 9.17) is 9.47 Å². The molecule has 6 nitrogen and oxygen atoms in total. The highest BCUT2D eigenvalue weighted by atomic mass is 16.5. The van der Waals surface area contributed by atoms with Crippen molar-refractivity contribution < 1.29 is 9.47 Å². The summed E-state index contributed by atoms with van der Waals surface area (Å²) in [5.74, 6) is 3.13. The molecule has 3 rings (SSSR count). The first-order valence-electron chi connectivity index (χ1n) is 7.83. The van der Waals surface area contributed by atoms with Crippen LogP contribution in [0.5, 0.6) is 5.75 Å². The second-order valence-electron chi connectivity index (χ2n) is 5.67. The largest absolute Gasteiger partial charge is 0.497 e. The summed E-state index contributed by atoms with van der Waals surface area (Å²) in [4.78, 5) is 15.8. The minimum Gasteiger partial charge on any atom is -0.497 e. The number of hydrogen-bond acceptors (Lipinski definition) is 6. The molecule has 1 saturated heterocycles. The average molecular weight is 314 g/mol. The molecule has 2 aromatic rings. The summed E-state index contributed by atoms with van der Waals surface area (Å²) >= 11 is 0. The van der Waals surface area contributed by atoms with Crippen LogP contribution in [0, 0.1) is 13.8 Å². The molecule has 0 atom stereocenters. The Bertz CT molecular complexity index is 684. The molecular formula is C17H22N4O2. The van der Waals surface area contributed by atoms with E-state index in [0.29, 0.717) is 6.42 Å². The first-order chi connectivity index (χ1) is 11.2. The van der Waals surface area contributed by atoms with Crippen molar-refractivity contribution in [1.82, 2.24) is 15.0 Å². The summed E-state index contributed by atoms with van der Waals surface area (Å²) in [6, 6.07) is 6.07. The first-order valence-corrected chi connectivity index (χ1v) is 7.83. The molecule has 2 heterocycles. The fraction of sp³-hybridized carbons (Fsp3) is 0.471. The van der Waals surface area contributed by atoms with Crippen LogP contribution in [0.3, 0.4) is 0 Å². The number of rotatable bonds is 4. The molecule has 0 aliphatic carbocycles. The molecular weight excluding hydrogens is 292 g/mol. The van der Waals surface area contributed by atoms with Crippen LogP contribution in [-0.4, -0.2) is 48.4 Å². The van der Waals surface area contributed by atoms with E-state index in [1.807, 2.05) is 19.1 Å². The number of benzene rings is 1. The molecule has 0 bridgehead atoms. The molecule has 0 N–H and O–H groups in total. The van der Waals surface area contributed by atoms with Gasteiger partial charge < -0.3 is 14.4 Å². The molecule has 0 radical (unpaired) electrons.